The standard InChI is InChI=1S/C5H12N2O/c1-7-3-2-5(4-8)6-7/h5-6,8H,2-4H2,1H3. The number of aliphatic hydroxyl groups excluding tert-OH is 1. The van der Waals surface area contributed by atoms with E-state index in [0.29, 0.717) is 6.04 Å². The van der Waals surface area contributed by atoms with Gasteiger partial charge in [0.15, 0.2) is 0 Å². The lowest BCUT2D eigenvalue weighted by atomic mass is 10.3. The van der Waals surface area contributed by atoms with Crippen molar-refractivity contribution in [1.29, 1.82) is 0 Å². The van der Waals surface area contributed by atoms with Crippen LogP contribution >= 0.6 is 0 Å². The Morgan fingerprint density at radius 1 is 1.88 bits per heavy atom. The molecule has 1 unspecified atom stereocenters. The van der Waals surface area contributed by atoms with Crippen molar-refractivity contribution in [1.82, 2.24) is 10.4 Å². The molecule has 1 rings (SSSR count). The molecule has 1 heterocycles. The van der Waals surface area contributed by atoms with Crippen LogP contribution in [0.25, 0.3) is 0 Å². The fourth-order valence-electron chi connectivity index (χ4n) is 0.922. The fourth-order valence-corrected chi connectivity index (χ4v) is 0.922. The van der Waals surface area contributed by atoms with Crippen LogP contribution in [0.4, 0.5) is 0 Å². The van der Waals surface area contributed by atoms with Crippen molar-refractivity contribution in [2.45, 2.75) is 12.5 Å². The molecule has 0 radical (unpaired) electrons. The van der Waals surface area contributed by atoms with Gasteiger partial charge in [-0.15, -0.1) is 0 Å². The predicted octanol–water partition coefficient (Wildman–Crippen LogP) is -0.813. The molecule has 0 aromatic carbocycles. The van der Waals surface area contributed by atoms with Crippen LogP contribution in [0, 0.1) is 0 Å². The van der Waals surface area contributed by atoms with Gasteiger partial charge in [-0.3, -0.25) is 5.43 Å². The Balaban J connectivity index is 2.22. The monoisotopic (exact) mass is 116 g/mol. The Hall–Kier alpha value is -0.120. The number of nitrogens with zero attached hydrogens (tertiary/aromatic N) is 1. The predicted molar refractivity (Wildman–Crippen MR) is 31.3 cm³/mol. The summed E-state index contributed by atoms with van der Waals surface area (Å²) >= 11 is 0. The third-order valence-corrected chi connectivity index (χ3v) is 1.44. The van der Waals surface area contributed by atoms with Gasteiger partial charge in [-0.25, -0.2) is 5.01 Å². The Morgan fingerprint density at radius 2 is 2.62 bits per heavy atom. The second-order valence-electron chi connectivity index (χ2n) is 2.22. The molecule has 1 aliphatic heterocycles. The molecule has 1 saturated heterocycles. The molecule has 3 nitrogen and oxygen atoms in total. The van der Waals surface area contributed by atoms with Gasteiger partial charge in [0.1, 0.15) is 0 Å². The quantitative estimate of drug-likeness (QED) is 0.470. The van der Waals surface area contributed by atoms with Gasteiger partial charge in [-0.2, -0.15) is 0 Å². The molecular weight excluding hydrogens is 104 g/mol. The van der Waals surface area contributed by atoms with E-state index in [1.54, 1.807) is 0 Å². The third kappa shape index (κ3) is 1.18. The summed E-state index contributed by atoms with van der Waals surface area (Å²) in [6.45, 7) is 1.30. The first-order valence-corrected chi connectivity index (χ1v) is 2.91. The summed E-state index contributed by atoms with van der Waals surface area (Å²) in [4.78, 5) is 0. The molecule has 8 heavy (non-hydrogen) atoms. The van der Waals surface area contributed by atoms with E-state index in [0.717, 1.165) is 13.0 Å². The third-order valence-electron chi connectivity index (χ3n) is 1.44. The normalized spacial score (nSPS) is 31.5. The molecule has 0 saturated carbocycles. The number of rotatable bonds is 1. The van der Waals surface area contributed by atoms with Crippen LogP contribution in [-0.4, -0.2) is 36.4 Å². The SMILES string of the molecule is CN1CCC(CO)N1. The van der Waals surface area contributed by atoms with Crippen molar-refractivity contribution in [3.8, 4) is 0 Å². The van der Waals surface area contributed by atoms with Gasteiger partial charge in [-0.1, -0.05) is 0 Å². The number of hydrazine groups is 1. The number of aliphatic hydroxyl groups is 1. The highest BCUT2D eigenvalue weighted by molar-refractivity contribution is 4.70. The molecule has 0 spiro atoms. The van der Waals surface area contributed by atoms with Crippen molar-refractivity contribution in [2.24, 2.45) is 0 Å². The largest absolute Gasteiger partial charge is 0.395 e. The van der Waals surface area contributed by atoms with E-state index in [4.69, 9.17) is 5.11 Å². The minimum absolute atomic E-state index is 0.254. The highest BCUT2D eigenvalue weighted by Gasteiger charge is 2.16. The van der Waals surface area contributed by atoms with Gasteiger partial charge in [-0.05, 0) is 6.42 Å². The first kappa shape index (κ1) is 6.01. The summed E-state index contributed by atoms with van der Waals surface area (Å²) < 4.78 is 0. The zero-order valence-corrected chi connectivity index (χ0v) is 5.09. The van der Waals surface area contributed by atoms with Crippen LogP contribution in [0.15, 0.2) is 0 Å². The Kier molecular flexibility index (Phi) is 1.83. The van der Waals surface area contributed by atoms with Crippen LogP contribution in [0.2, 0.25) is 0 Å². The molecule has 1 fully saturated rings. The molecular formula is C5H12N2O. The lowest BCUT2D eigenvalue weighted by molar-refractivity contribution is 0.214. The number of hydrogen-bond acceptors (Lipinski definition) is 3. The fraction of sp³-hybridized carbons (Fsp3) is 1.00. The summed E-state index contributed by atoms with van der Waals surface area (Å²) in [7, 11) is 1.98. The average Bonchev–Trinajstić information content (AvgIpc) is 2.14. The van der Waals surface area contributed by atoms with E-state index in [-0.39, 0.29) is 6.61 Å². The summed E-state index contributed by atoms with van der Waals surface area (Å²) in [6, 6.07) is 0.306. The van der Waals surface area contributed by atoms with Gasteiger partial charge in [0, 0.05) is 19.6 Å². The molecule has 0 aromatic rings. The maximum atomic E-state index is 8.59. The van der Waals surface area contributed by atoms with Gasteiger partial charge in [0.25, 0.3) is 0 Å². The summed E-state index contributed by atoms with van der Waals surface area (Å²) in [5, 5.41) is 10.6. The minimum atomic E-state index is 0.254. The molecule has 3 heteroatoms. The van der Waals surface area contributed by atoms with E-state index < -0.39 is 0 Å². The van der Waals surface area contributed by atoms with E-state index in [1.807, 2.05) is 12.1 Å². The van der Waals surface area contributed by atoms with E-state index in [2.05, 4.69) is 5.43 Å². The van der Waals surface area contributed by atoms with E-state index >= 15 is 0 Å². The Bertz CT molecular complexity index is 76.8. The number of hydrogen-bond donors (Lipinski definition) is 2. The Labute approximate surface area is 49.3 Å². The second kappa shape index (κ2) is 2.44. The van der Waals surface area contributed by atoms with Gasteiger partial charge < -0.3 is 5.11 Å². The molecule has 0 bridgehead atoms. The summed E-state index contributed by atoms with van der Waals surface area (Å²) in [5.41, 5.74) is 3.09. The van der Waals surface area contributed by atoms with E-state index in [1.165, 1.54) is 0 Å². The first-order valence-electron chi connectivity index (χ1n) is 2.91. The highest BCUT2D eigenvalue weighted by Crippen LogP contribution is 2.00. The van der Waals surface area contributed by atoms with Crippen LogP contribution in [0.5, 0.6) is 0 Å². The van der Waals surface area contributed by atoms with Gasteiger partial charge >= 0.3 is 0 Å². The molecule has 0 aliphatic carbocycles. The van der Waals surface area contributed by atoms with Crippen LogP contribution in [0.1, 0.15) is 6.42 Å². The molecule has 0 aromatic heterocycles. The maximum absolute atomic E-state index is 8.59. The first-order chi connectivity index (χ1) is 3.83. The molecule has 1 aliphatic rings. The lowest BCUT2D eigenvalue weighted by Gasteiger charge is -2.08. The van der Waals surface area contributed by atoms with Crippen molar-refractivity contribution in [2.75, 3.05) is 20.2 Å². The Morgan fingerprint density at radius 3 is 2.88 bits per heavy atom. The average molecular weight is 116 g/mol. The molecule has 48 valence electrons. The van der Waals surface area contributed by atoms with Crippen LogP contribution in [0.3, 0.4) is 0 Å². The van der Waals surface area contributed by atoms with Gasteiger partial charge in [0.05, 0.1) is 6.61 Å². The van der Waals surface area contributed by atoms with Crippen molar-refractivity contribution in [3.05, 3.63) is 0 Å². The lowest BCUT2D eigenvalue weighted by Crippen LogP contribution is -2.33. The highest BCUT2D eigenvalue weighted by atomic mass is 16.3. The summed E-state index contributed by atoms with van der Waals surface area (Å²) in [5.74, 6) is 0. The van der Waals surface area contributed by atoms with E-state index in [9.17, 15) is 0 Å². The van der Waals surface area contributed by atoms with Crippen LogP contribution in [-0.2, 0) is 0 Å². The topological polar surface area (TPSA) is 35.5 Å². The number of nitrogens with one attached hydrogen (secondary N) is 1. The molecule has 0 amide bonds. The van der Waals surface area contributed by atoms with Crippen LogP contribution < -0.4 is 5.43 Å². The van der Waals surface area contributed by atoms with Crippen molar-refractivity contribution in [3.63, 3.8) is 0 Å². The smallest absolute Gasteiger partial charge is 0.0598 e. The zero-order chi connectivity index (χ0) is 5.98. The van der Waals surface area contributed by atoms with Crippen molar-refractivity contribution < 1.29 is 5.11 Å². The second-order valence-corrected chi connectivity index (χ2v) is 2.22. The maximum Gasteiger partial charge on any atom is 0.0598 e. The molecule has 1 atom stereocenters. The minimum Gasteiger partial charge on any atom is -0.395 e. The summed E-state index contributed by atoms with van der Waals surface area (Å²) in [6.07, 6.45) is 1.06. The van der Waals surface area contributed by atoms with Gasteiger partial charge in [0.2, 0.25) is 0 Å². The van der Waals surface area contributed by atoms with Crippen molar-refractivity contribution >= 4 is 0 Å². The zero-order valence-electron chi connectivity index (χ0n) is 5.09. The molecule has 2 N–H and O–H groups in total.